The Morgan fingerprint density at radius 1 is 1.42 bits per heavy atom. The number of nitrogens with two attached hydrogens (primary N) is 1. The molecule has 0 unspecified atom stereocenters. The minimum absolute atomic E-state index is 0.00368. The van der Waals surface area contributed by atoms with Gasteiger partial charge in [0.25, 0.3) is 0 Å². The first-order chi connectivity index (χ1) is 8.96. The van der Waals surface area contributed by atoms with E-state index in [9.17, 15) is 8.42 Å². The second-order valence-electron chi connectivity index (χ2n) is 4.52. The van der Waals surface area contributed by atoms with Crippen molar-refractivity contribution in [1.29, 1.82) is 0 Å². The molecule has 0 saturated heterocycles. The Bertz CT molecular complexity index is 560. The minimum atomic E-state index is -3.26. The zero-order valence-corrected chi connectivity index (χ0v) is 12.6. The third-order valence-electron chi connectivity index (χ3n) is 2.81. The summed E-state index contributed by atoms with van der Waals surface area (Å²) >= 11 is 3.20. The highest BCUT2D eigenvalue weighted by atomic mass is 79.9. The van der Waals surface area contributed by atoms with Gasteiger partial charge in [-0.1, -0.05) is 35.5 Å². The van der Waals surface area contributed by atoms with E-state index in [4.69, 9.17) is 10.6 Å². The van der Waals surface area contributed by atoms with E-state index in [1.54, 1.807) is 12.1 Å². The molecule has 2 rings (SSSR count). The van der Waals surface area contributed by atoms with Crippen LogP contribution in [0.3, 0.4) is 0 Å². The molecule has 0 radical (unpaired) electrons. The highest BCUT2D eigenvalue weighted by Gasteiger charge is 2.29. The van der Waals surface area contributed by atoms with Gasteiger partial charge in [0, 0.05) is 6.42 Å². The van der Waals surface area contributed by atoms with Crippen LogP contribution in [0.15, 0.2) is 35.5 Å². The number of nitrogens with zero attached hydrogens (tertiary/aromatic N) is 1. The first-order valence-corrected chi connectivity index (χ1v) is 8.46. The Hall–Kier alpha value is -0.920. The zero-order chi connectivity index (χ0) is 13.9. The number of benzene rings is 1. The molecule has 19 heavy (non-hydrogen) atoms. The maximum absolute atomic E-state index is 12.1. The van der Waals surface area contributed by atoms with Crippen LogP contribution in [0.5, 0.6) is 0 Å². The average molecular weight is 347 g/mol. The second kappa shape index (κ2) is 6.02. The summed E-state index contributed by atoms with van der Waals surface area (Å²) in [6, 6.07) is 8.48. The number of sulfone groups is 1. The van der Waals surface area contributed by atoms with Gasteiger partial charge in [0.1, 0.15) is 10.7 Å². The molecule has 0 aliphatic carbocycles. The Morgan fingerprint density at radius 3 is 2.68 bits per heavy atom. The van der Waals surface area contributed by atoms with Gasteiger partial charge >= 0.3 is 0 Å². The van der Waals surface area contributed by atoms with E-state index in [-0.39, 0.29) is 17.6 Å². The van der Waals surface area contributed by atoms with E-state index in [0.717, 1.165) is 5.56 Å². The number of oxime groups is 1. The van der Waals surface area contributed by atoms with Gasteiger partial charge in [0.05, 0.1) is 17.5 Å². The maximum atomic E-state index is 12.1. The summed E-state index contributed by atoms with van der Waals surface area (Å²) in [7, 11) is -3.26. The molecule has 104 valence electrons. The van der Waals surface area contributed by atoms with Crippen molar-refractivity contribution in [2.45, 2.75) is 24.3 Å². The Kier molecular flexibility index (Phi) is 4.59. The maximum Gasteiger partial charge on any atom is 0.156 e. The normalized spacial score (nSPS) is 20.7. The summed E-state index contributed by atoms with van der Waals surface area (Å²) in [4.78, 5) is 5.07. The number of hydrogen-bond acceptors (Lipinski definition) is 5. The van der Waals surface area contributed by atoms with Crippen LogP contribution in [-0.2, 0) is 20.4 Å². The molecular weight excluding hydrogens is 332 g/mol. The molecular formula is C12H15BrN2O3S. The zero-order valence-electron chi connectivity index (χ0n) is 10.2. The first kappa shape index (κ1) is 14.5. The standard InChI is InChI=1S/C12H15BrN2O3S/c13-12-6-11(18-15-12)10(14)8-19(16,17)7-9-4-2-1-3-5-9/h1-5,10-11H,6-8,14H2/t10-,11-/m1/s1. The van der Waals surface area contributed by atoms with E-state index in [2.05, 4.69) is 21.1 Å². The topological polar surface area (TPSA) is 81.8 Å². The number of rotatable bonds is 5. The molecule has 0 saturated carbocycles. The van der Waals surface area contributed by atoms with Gasteiger partial charge in [-0.15, -0.1) is 0 Å². The highest BCUT2D eigenvalue weighted by molar-refractivity contribution is 9.18. The van der Waals surface area contributed by atoms with E-state index in [1.807, 2.05) is 18.2 Å². The fraction of sp³-hybridized carbons (Fsp3) is 0.417. The molecule has 1 heterocycles. The van der Waals surface area contributed by atoms with Crippen molar-refractivity contribution in [2.24, 2.45) is 10.9 Å². The van der Waals surface area contributed by atoms with Crippen molar-refractivity contribution in [3.63, 3.8) is 0 Å². The number of hydrogen-bond donors (Lipinski definition) is 1. The van der Waals surface area contributed by atoms with Crippen LogP contribution in [0.2, 0.25) is 0 Å². The molecule has 2 atom stereocenters. The molecule has 0 spiro atoms. The second-order valence-corrected chi connectivity index (χ2v) is 7.54. The van der Waals surface area contributed by atoms with Crippen molar-refractivity contribution in [3.8, 4) is 0 Å². The molecule has 2 N–H and O–H groups in total. The third kappa shape index (κ3) is 4.29. The van der Waals surface area contributed by atoms with E-state index in [1.165, 1.54) is 0 Å². The molecule has 7 heteroatoms. The lowest BCUT2D eigenvalue weighted by molar-refractivity contribution is 0.0709. The largest absolute Gasteiger partial charge is 0.390 e. The van der Waals surface area contributed by atoms with Crippen LogP contribution in [0, 0.1) is 0 Å². The molecule has 1 aliphatic heterocycles. The van der Waals surface area contributed by atoms with Crippen molar-refractivity contribution < 1.29 is 13.3 Å². The summed E-state index contributed by atoms with van der Waals surface area (Å²) in [6.07, 6.45) is 0.141. The summed E-state index contributed by atoms with van der Waals surface area (Å²) in [5.74, 6) is -0.112. The van der Waals surface area contributed by atoms with Gasteiger partial charge in [-0.3, -0.25) is 0 Å². The summed E-state index contributed by atoms with van der Waals surface area (Å²) < 4.78 is 24.8. The Balaban J connectivity index is 1.94. The van der Waals surface area contributed by atoms with Gasteiger partial charge in [-0.25, -0.2) is 8.42 Å². The predicted octanol–water partition coefficient (Wildman–Crippen LogP) is 1.43. The summed E-state index contributed by atoms with van der Waals surface area (Å²) in [5.41, 5.74) is 6.65. The van der Waals surface area contributed by atoms with Gasteiger partial charge in [-0.2, -0.15) is 0 Å². The van der Waals surface area contributed by atoms with Gasteiger partial charge < -0.3 is 10.6 Å². The molecule has 0 fully saturated rings. The van der Waals surface area contributed by atoms with Crippen molar-refractivity contribution >= 4 is 30.4 Å². The lowest BCUT2D eigenvalue weighted by Gasteiger charge is -2.17. The van der Waals surface area contributed by atoms with Gasteiger partial charge in [0.2, 0.25) is 0 Å². The number of halogens is 1. The third-order valence-corrected chi connectivity index (χ3v) is 4.94. The Labute approximate surface area is 120 Å². The summed E-state index contributed by atoms with van der Waals surface area (Å²) in [6.45, 7) is 0. The minimum Gasteiger partial charge on any atom is -0.390 e. The Morgan fingerprint density at radius 2 is 2.11 bits per heavy atom. The smallest absolute Gasteiger partial charge is 0.156 e. The van der Waals surface area contributed by atoms with E-state index >= 15 is 0 Å². The molecule has 0 aromatic heterocycles. The fourth-order valence-corrected chi connectivity index (χ4v) is 3.90. The van der Waals surface area contributed by atoms with Gasteiger partial charge in [0.15, 0.2) is 9.84 Å². The molecule has 5 nitrogen and oxygen atoms in total. The van der Waals surface area contributed by atoms with Crippen LogP contribution < -0.4 is 5.73 Å². The molecule has 1 aromatic rings. The van der Waals surface area contributed by atoms with Crippen LogP contribution in [-0.4, -0.2) is 30.9 Å². The van der Waals surface area contributed by atoms with Crippen LogP contribution >= 0.6 is 15.9 Å². The van der Waals surface area contributed by atoms with Gasteiger partial charge in [-0.05, 0) is 21.5 Å². The van der Waals surface area contributed by atoms with Crippen LogP contribution in [0.25, 0.3) is 0 Å². The van der Waals surface area contributed by atoms with E-state index < -0.39 is 15.9 Å². The average Bonchev–Trinajstić information content (AvgIpc) is 2.76. The fourth-order valence-electron chi connectivity index (χ4n) is 1.88. The van der Waals surface area contributed by atoms with Crippen LogP contribution in [0.4, 0.5) is 0 Å². The van der Waals surface area contributed by atoms with Crippen molar-refractivity contribution in [2.75, 3.05) is 5.75 Å². The SMILES string of the molecule is N[C@H](CS(=O)(=O)Cc1ccccc1)[C@H]1CC(Br)=NO1. The predicted molar refractivity (Wildman–Crippen MR) is 77.8 cm³/mol. The quantitative estimate of drug-likeness (QED) is 0.874. The lowest BCUT2D eigenvalue weighted by Crippen LogP contribution is -2.41. The monoisotopic (exact) mass is 346 g/mol. The van der Waals surface area contributed by atoms with E-state index in [0.29, 0.717) is 11.0 Å². The molecule has 1 aliphatic rings. The molecule has 0 amide bonds. The lowest BCUT2D eigenvalue weighted by atomic mass is 10.1. The highest BCUT2D eigenvalue weighted by Crippen LogP contribution is 2.18. The van der Waals surface area contributed by atoms with Crippen LogP contribution in [0.1, 0.15) is 12.0 Å². The first-order valence-electron chi connectivity index (χ1n) is 5.84. The summed E-state index contributed by atoms with van der Waals surface area (Å²) in [5, 5.41) is 3.71. The van der Waals surface area contributed by atoms with Crippen molar-refractivity contribution in [3.05, 3.63) is 35.9 Å². The molecule has 0 bridgehead atoms. The molecule has 1 aromatic carbocycles. The van der Waals surface area contributed by atoms with Crippen molar-refractivity contribution in [1.82, 2.24) is 0 Å².